The summed E-state index contributed by atoms with van der Waals surface area (Å²) in [6.07, 6.45) is -4.31. The van der Waals surface area contributed by atoms with Crippen molar-refractivity contribution in [2.45, 2.75) is 20.0 Å². The predicted molar refractivity (Wildman–Crippen MR) is 56.4 cm³/mol. The Labute approximate surface area is 96.1 Å². The lowest BCUT2D eigenvalue weighted by atomic mass is 10.1. The number of hydrogen-bond acceptors (Lipinski definition) is 2. The third-order valence-corrected chi connectivity index (χ3v) is 2.39. The molecule has 1 aromatic carbocycles. The summed E-state index contributed by atoms with van der Waals surface area (Å²) in [4.78, 5) is 4.12. The van der Waals surface area contributed by atoms with Crippen LogP contribution in [0.2, 0.25) is 0 Å². The molecule has 0 bridgehead atoms. The molecule has 0 N–H and O–H groups in total. The van der Waals surface area contributed by atoms with Crippen molar-refractivity contribution in [3.63, 3.8) is 0 Å². The van der Waals surface area contributed by atoms with Gasteiger partial charge in [-0.1, -0.05) is 12.1 Å². The third kappa shape index (κ3) is 2.33. The maximum atomic E-state index is 12.4. The van der Waals surface area contributed by atoms with E-state index in [1.165, 1.54) is 12.1 Å². The molecule has 0 radical (unpaired) electrons. The zero-order chi connectivity index (χ0) is 12.6. The molecule has 90 valence electrons. The lowest BCUT2D eigenvalue weighted by Gasteiger charge is -2.06. The molecule has 0 atom stereocenters. The Kier molecular flexibility index (Phi) is 2.69. The van der Waals surface area contributed by atoms with Crippen molar-refractivity contribution in [2.24, 2.45) is 0 Å². The van der Waals surface area contributed by atoms with E-state index in [4.69, 9.17) is 4.42 Å². The molecular formula is C12H10F3NO. The van der Waals surface area contributed by atoms with Gasteiger partial charge in [-0.15, -0.1) is 0 Å². The average molecular weight is 241 g/mol. The van der Waals surface area contributed by atoms with Crippen LogP contribution in [0.5, 0.6) is 0 Å². The SMILES string of the molecule is Cc1nc(-c2ccc(C(F)(F)F)cc2)c(C)o1. The van der Waals surface area contributed by atoms with Gasteiger partial charge in [-0.25, -0.2) is 4.98 Å². The number of aromatic nitrogens is 1. The summed E-state index contributed by atoms with van der Waals surface area (Å²) in [6, 6.07) is 4.87. The Hall–Kier alpha value is -1.78. The molecule has 0 aliphatic carbocycles. The smallest absolute Gasteiger partial charge is 0.416 e. The second-order valence-electron chi connectivity index (χ2n) is 3.71. The molecule has 0 saturated carbocycles. The molecule has 0 spiro atoms. The van der Waals surface area contributed by atoms with Crippen molar-refractivity contribution in [3.8, 4) is 11.3 Å². The predicted octanol–water partition coefficient (Wildman–Crippen LogP) is 3.98. The third-order valence-electron chi connectivity index (χ3n) is 2.39. The van der Waals surface area contributed by atoms with Gasteiger partial charge >= 0.3 is 6.18 Å². The number of halogens is 3. The van der Waals surface area contributed by atoms with E-state index in [1.807, 2.05) is 0 Å². The number of alkyl halides is 3. The number of oxazole rings is 1. The van der Waals surface area contributed by atoms with Crippen molar-refractivity contribution >= 4 is 0 Å². The Morgan fingerprint density at radius 1 is 1.06 bits per heavy atom. The van der Waals surface area contributed by atoms with E-state index in [-0.39, 0.29) is 0 Å². The first-order valence-electron chi connectivity index (χ1n) is 4.99. The van der Waals surface area contributed by atoms with Crippen LogP contribution in [0.4, 0.5) is 13.2 Å². The van der Waals surface area contributed by atoms with Gasteiger partial charge in [-0.3, -0.25) is 0 Å². The number of benzene rings is 1. The summed E-state index contributed by atoms with van der Waals surface area (Å²) >= 11 is 0. The molecule has 2 nitrogen and oxygen atoms in total. The van der Waals surface area contributed by atoms with Crippen LogP contribution in [-0.4, -0.2) is 4.98 Å². The Balaban J connectivity index is 2.39. The normalized spacial score (nSPS) is 11.8. The zero-order valence-corrected chi connectivity index (χ0v) is 9.30. The molecule has 2 aromatic rings. The number of nitrogens with zero attached hydrogens (tertiary/aromatic N) is 1. The van der Waals surface area contributed by atoms with Gasteiger partial charge in [-0.2, -0.15) is 13.2 Å². The molecule has 1 aromatic heterocycles. The highest BCUT2D eigenvalue weighted by Gasteiger charge is 2.30. The number of hydrogen-bond donors (Lipinski definition) is 0. The maximum Gasteiger partial charge on any atom is 0.416 e. The first-order chi connectivity index (χ1) is 7.88. The lowest BCUT2D eigenvalue weighted by molar-refractivity contribution is -0.137. The van der Waals surface area contributed by atoms with Crippen molar-refractivity contribution in [2.75, 3.05) is 0 Å². The number of rotatable bonds is 1. The fraction of sp³-hybridized carbons (Fsp3) is 0.250. The standard InChI is InChI=1S/C12H10F3NO/c1-7-11(16-8(2)17-7)9-3-5-10(6-4-9)12(13,14)15/h3-6H,1-2H3. The minimum Gasteiger partial charge on any atom is -0.446 e. The molecule has 0 aliphatic rings. The van der Waals surface area contributed by atoms with Crippen LogP contribution in [0, 0.1) is 13.8 Å². The van der Waals surface area contributed by atoms with Crippen LogP contribution in [0.1, 0.15) is 17.2 Å². The molecule has 5 heteroatoms. The largest absolute Gasteiger partial charge is 0.446 e. The first-order valence-corrected chi connectivity index (χ1v) is 4.99. The van der Waals surface area contributed by atoms with Gasteiger partial charge in [0, 0.05) is 12.5 Å². The molecule has 0 fully saturated rings. The molecular weight excluding hydrogens is 231 g/mol. The highest BCUT2D eigenvalue weighted by atomic mass is 19.4. The highest BCUT2D eigenvalue weighted by molar-refractivity contribution is 5.61. The van der Waals surface area contributed by atoms with E-state index in [1.54, 1.807) is 13.8 Å². The monoisotopic (exact) mass is 241 g/mol. The fourth-order valence-electron chi connectivity index (χ4n) is 1.61. The van der Waals surface area contributed by atoms with Crippen LogP contribution in [0.15, 0.2) is 28.7 Å². The van der Waals surface area contributed by atoms with Gasteiger partial charge in [0.25, 0.3) is 0 Å². The van der Waals surface area contributed by atoms with Crippen LogP contribution in [-0.2, 0) is 6.18 Å². The summed E-state index contributed by atoms with van der Waals surface area (Å²) in [6.45, 7) is 3.42. The van der Waals surface area contributed by atoms with Crippen molar-refractivity contribution in [3.05, 3.63) is 41.5 Å². The van der Waals surface area contributed by atoms with Crippen molar-refractivity contribution in [1.82, 2.24) is 4.98 Å². The number of aryl methyl sites for hydroxylation is 2. The van der Waals surface area contributed by atoms with Gasteiger partial charge in [0.2, 0.25) is 0 Å². The van der Waals surface area contributed by atoms with Crippen LogP contribution >= 0.6 is 0 Å². The topological polar surface area (TPSA) is 26.0 Å². The van der Waals surface area contributed by atoms with E-state index in [0.29, 0.717) is 22.9 Å². The quantitative estimate of drug-likeness (QED) is 0.754. The molecule has 0 aliphatic heterocycles. The van der Waals surface area contributed by atoms with Crippen LogP contribution < -0.4 is 0 Å². The van der Waals surface area contributed by atoms with Crippen molar-refractivity contribution in [1.29, 1.82) is 0 Å². The summed E-state index contributed by atoms with van der Waals surface area (Å²) in [5, 5.41) is 0. The molecule has 2 rings (SSSR count). The second kappa shape index (κ2) is 3.91. The van der Waals surface area contributed by atoms with Crippen molar-refractivity contribution < 1.29 is 17.6 Å². The lowest BCUT2D eigenvalue weighted by Crippen LogP contribution is -2.04. The summed E-state index contributed by atoms with van der Waals surface area (Å²) in [7, 11) is 0. The van der Waals surface area contributed by atoms with Gasteiger partial charge < -0.3 is 4.42 Å². The summed E-state index contributed by atoms with van der Waals surface area (Å²) in [5.41, 5.74) is 0.530. The van der Waals surface area contributed by atoms with E-state index >= 15 is 0 Å². The molecule has 1 heterocycles. The minimum absolute atomic E-state index is 0.498. The molecule has 0 saturated heterocycles. The van der Waals surface area contributed by atoms with E-state index in [0.717, 1.165) is 12.1 Å². The summed E-state index contributed by atoms with van der Waals surface area (Å²) < 4.78 is 42.3. The minimum atomic E-state index is -4.31. The van der Waals surface area contributed by atoms with Crippen LogP contribution in [0.3, 0.4) is 0 Å². The highest BCUT2D eigenvalue weighted by Crippen LogP contribution is 2.31. The molecule has 17 heavy (non-hydrogen) atoms. The van der Waals surface area contributed by atoms with Gasteiger partial charge in [0.1, 0.15) is 11.5 Å². The Bertz CT molecular complexity index is 526. The first kappa shape index (κ1) is 11.7. The Morgan fingerprint density at radius 3 is 2.06 bits per heavy atom. The fourth-order valence-corrected chi connectivity index (χ4v) is 1.61. The summed E-state index contributed by atoms with van der Waals surface area (Å²) in [5.74, 6) is 1.10. The van der Waals surface area contributed by atoms with Gasteiger partial charge in [0.05, 0.1) is 5.56 Å². The van der Waals surface area contributed by atoms with Gasteiger partial charge in [-0.05, 0) is 19.1 Å². The maximum absolute atomic E-state index is 12.4. The van der Waals surface area contributed by atoms with Crippen LogP contribution in [0.25, 0.3) is 11.3 Å². The van der Waals surface area contributed by atoms with E-state index in [2.05, 4.69) is 4.98 Å². The Morgan fingerprint density at radius 2 is 1.65 bits per heavy atom. The molecule has 0 amide bonds. The van der Waals surface area contributed by atoms with E-state index < -0.39 is 11.7 Å². The molecule has 0 unspecified atom stereocenters. The van der Waals surface area contributed by atoms with E-state index in [9.17, 15) is 13.2 Å². The average Bonchev–Trinajstić information content (AvgIpc) is 2.57. The second-order valence-corrected chi connectivity index (χ2v) is 3.71. The zero-order valence-electron chi connectivity index (χ0n) is 9.30. The van der Waals surface area contributed by atoms with Gasteiger partial charge in [0.15, 0.2) is 5.89 Å².